The van der Waals surface area contributed by atoms with Gasteiger partial charge in [0.05, 0.1) is 5.69 Å². The number of nitrogens with zero attached hydrogens (tertiary/aromatic N) is 1. The Kier molecular flexibility index (Phi) is 6.90. The summed E-state index contributed by atoms with van der Waals surface area (Å²) in [6.45, 7) is 1.82. The SMILES string of the molecule is CC(N)c1ccc(-c2cc(F)cc(F)c2)cn1.Cl.Cl. The summed E-state index contributed by atoms with van der Waals surface area (Å²) in [5, 5.41) is 0. The number of hydrogen-bond donors (Lipinski definition) is 1. The third-order valence-corrected chi connectivity index (χ3v) is 2.45. The Morgan fingerprint density at radius 3 is 2.00 bits per heavy atom. The molecule has 2 nitrogen and oxygen atoms in total. The van der Waals surface area contributed by atoms with Crippen molar-refractivity contribution in [3.63, 3.8) is 0 Å². The lowest BCUT2D eigenvalue weighted by molar-refractivity contribution is 0.584. The number of halogens is 4. The maximum absolute atomic E-state index is 13.0. The summed E-state index contributed by atoms with van der Waals surface area (Å²) >= 11 is 0. The van der Waals surface area contributed by atoms with Gasteiger partial charge in [0.1, 0.15) is 11.6 Å². The average Bonchev–Trinajstić information content (AvgIpc) is 2.28. The molecule has 1 heterocycles. The highest BCUT2D eigenvalue weighted by Gasteiger charge is 2.05. The molecule has 0 fully saturated rings. The van der Waals surface area contributed by atoms with E-state index in [9.17, 15) is 8.78 Å². The van der Waals surface area contributed by atoms with Crippen LogP contribution in [0.5, 0.6) is 0 Å². The van der Waals surface area contributed by atoms with Crippen LogP contribution >= 0.6 is 24.8 Å². The molecule has 1 unspecified atom stereocenters. The summed E-state index contributed by atoms with van der Waals surface area (Å²) < 4.78 is 26.1. The van der Waals surface area contributed by atoms with Crippen molar-refractivity contribution in [2.45, 2.75) is 13.0 Å². The molecule has 0 saturated carbocycles. The number of hydrogen-bond acceptors (Lipinski definition) is 2. The summed E-state index contributed by atoms with van der Waals surface area (Å²) in [5.41, 5.74) is 7.53. The number of rotatable bonds is 2. The summed E-state index contributed by atoms with van der Waals surface area (Å²) in [5.74, 6) is -1.20. The van der Waals surface area contributed by atoms with Gasteiger partial charge in [-0.05, 0) is 30.7 Å². The van der Waals surface area contributed by atoms with Gasteiger partial charge in [-0.2, -0.15) is 0 Å². The molecular weight excluding hydrogens is 293 g/mol. The van der Waals surface area contributed by atoms with Crippen molar-refractivity contribution in [2.24, 2.45) is 5.73 Å². The highest BCUT2D eigenvalue weighted by atomic mass is 35.5. The van der Waals surface area contributed by atoms with Crippen molar-refractivity contribution in [3.05, 3.63) is 53.9 Å². The minimum atomic E-state index is -0.601. The van der Waals surface area contributed by atoms with Gasteiger partial charge in [-0.25, -0.2) is 8.78 Å². The van der Waals surface area contributed by atoms with Gasteiger partial charge in [-0.1, -0.05) is 6.07 Å². The highest BCUT2D eigenvalue weighted by Crippen LogP contribution is 2.21. The highest BCUT2D eigenvalue weighted by molar-refractivity contribution is 5.85. The van der Waals surface area contributed by atoms with E-state index in [2.05, 4.69) is 4.98 Å². The van der Waals surface area contributed by atoms with Gasteiger partial charge in [-0.15, -0.1) is 24.8 Å². The van der Waals surface area contributed by atoms with Crippen molar-refractivity contribution in [3.8, 4) is 11.1 Å². The van der Waals surface area contributed by atoms with Crippen molar-refractivity contribution >= 4 is 24.8 Å². The van der Waals surface area contributed by atoms with Gasteiger partial charge in [0, 0.05) is 23.9 Å². The van der Waals surface area contributed by atoms with E-state index < -0.39 is 11.6 Å². The molecule has 0 radical (unpaired) electrons. The number of benzene rings is 1. The molecule has 2 aromatic rings. The van der Waals surface area contributed by atoms with Crippen LogP contribution in [-0.2, 0) is 0 Å². The molecule has 0 aliphatic rings. The van der Waals surface area contributed by atoms with Crippen LogP contribution in [0, 0.1) is 11.6 Å². The Hall–Kier alpha value is -1.23. The monoisotopic (exact) mass is 306 g/mol. The van der Waals surface area contributed by atoms with Gasteiger partial charge < -0.3 is 5.73 Å². The van der Waals surface area contributed by atoms with E-state index in [0.29, 0.717) is 11.1 Å². The normalized spacial score (nSPS) is 11.2. The first-order chi connectivity index (χ1) is 8.06. The fourth-order valence-electron chi connectivity index (χ4n) is 1.57. The van der Waals surface area contributed by atoms with Crippen LogP contribution in [0.15, 0.2) is 36.5 Å². The summed E-state index contributed by atoms with van der Waals surface area (Å²) in [4.78, 5) is 4.14. The van der Waals surface area contributed by atoms with E-state index in [0.717, 1.165) is 11.8 Å². The summed E-state index contributed by atoms with van der Waals surface area (Å²) in [7, 11) is 0. The smallest absolute Gasteiger partial charge is 0.126 e. The molecule has 6 heteroatoms. The molecule has 19 heavy (non-hydrogen) atoms. The van der Waals surface area contributed by atoms with Crippen LogP contribution in [0.2, 0.25) is 0 Å². The Bertz CT molecular complexity index is 510. The molecule has 0 spiro atoms. The predicted octanol–water partition coefficient (Wildman–Crippen LogP) is 3.89. The molecule has 1 aromatic heterocycles. The predicted molar refractivity (Wildman–Crippen MR) is 76.7 cm³/mol. The van der Waals surface area contributed by atoms with Crippen molar-refractivity contribution in [1.82, 2.24) is 4.98 Å². The number of pyridine rings is 1. The maximum Gasteiger partial charge on any atom is 0.126 e. The standard InChI is InChI=1S/C13H12F2N2.2ClH/c1-8(16)13-3-2-9(7-17-13)10-4-11(14)6-12(15)5-10;;/h2-8H,16H2,1H3;2*1H. The van der Waals surface area contributed by atoms with Crippen LogP contribution in [0.25, 0.3) is 11.1 Å². The van der Waals surface area contributed by atoms with Crippen molar-refractivity contribution in [2.75, 3.05) is 0 Å². The summed E-state index contributed by atoms with van der Waals surface area (Å²) in [6, 6.07) is 6.72. The lowest BCUT2D eigenvalue weighted by Gasteiger charge is -2.06. The van der Waals surface area contributed by atoms with Crippen molar-refractivity contribution in [1.29, 1.82) is 0 Å². The molecule has 2 N–H and O–H groups in total. The molecule has 1 aromatic carbocycles. The van der Waals surface area contributed by atoms with Crippen LogP contribution < -0.4 is 5.73 Å². The second-order valence-corrected chi connectivity index (χ2v) is 3.92. The summed E-state index contributed by atoms with van der Waals surface area (Å²) in [6.07, 6.45) is 1.56. The molecule has 0 aliphatic carbocycles. The van der Waals surface area contributed by atoms with E-state index in [1.165, 1.54) is 12.1 Å². The minimum Gasteiger partial charge on any atom is -0.323 e. The van der Waals surface area contributed by atoms with E-state index in [-0.39, 0.29) is 30.9 Å². The fourth-order valence-corrected chi connectivity index (χ4v) is 1.57. The minimum absolute atomic E-state index is 0. The third kappa shape index (κ3) is 4.42. The molecule has 0 amide bonds. The molecule has 2 rings (SSSR count). The van der Waals surface area contributed by atoms with E-state index in [4.69, 9.17) is 5.73 Å². The first-order valence-electron chi connectivity index (χ1n) is 5.24. The average molecular weight is 307 g/mol. The zero-order valence-corrected chi connectivity index (χ0v) is 11.8. The second kappa shape index (κ2) is 7.38. The Balaban J connectivity index is 0.00000162. The first-order valence-corrected chi connectivity index (χ1v) is 5.24. The molecule has 0 aliphatic heterocycles. The van der Waals surface area contributed by atoms with Crippen LogP contribution in [0.3, 0.4) is 0 Å². The van der Waals surface area contributed by atoms with E-state index >= 15 is 0 Å². The number of nitrogens with two attached hydrogens (primary N) is 1. The molecule has 0 bridgehead atoms. The van der Waals surface area contributed by atoms with Crippen LogP contribution in [0.1, 0.15) is 18.7 Å². The van der Waals surface area contributed by atoms with Crippen LogP contribution in [-0.4, -0.2) is 4.98 Å². The molecule has 104 valence electrons. The van der Waals surface area contributed by atoms with E-state index in [1.807, 2.05) is 6.92 Å². The quantitative estimate of drug-likeness (QED) is 0.914. The molecule has 1 atom stereocenters. The number of aromatic nitrogens is 1. The Morgan fingerprint density at radius 1 is 1.00 bits per heavy atom. The largest absolute Gasteiger partial charge is 0.323 e. The van der Waals surface area contributed by atoms with Gasteiger partial charge in [0.25, 0.3) is 0 Å². The first kappa shape index (κ1) is 17.8. The van der Waals surface area contributed by atoms with Gasteiger partial charge >= 0.3 is 0 Å². The van der Waals surface area contributed by atoms with Crippen molar-refractivity contribution < 1.29 is 8.78 Å². The topological polar surface area (TPSA) is 38.9 Å². The Morgan fingerprint density at radius 2 is 1.58 bits per heavy atom. The van der Waals surface area contributed by atoms with Crippen LogP contribution in [0.4, 0.5) is 8.78 Å². The second-order valence-electron chi connectivity index (χ2n) is 3.92. The van der Waals surface area contributed by atoms with E-state index in [1.54, 1.807) is 18.3 Å². The Labute approximate surface area is 122 Å². The maximum atomic E-state index is 13.0. The van der Waals surface area contributed by atoms with Gasteiger partial charge in [0.2, 0.25) is 0 Å². The van der Waals surface area contributed by atoms with Gasteiger partial charge in [0.15, 0.2) is 0 Å². The zero-order valence-electron chi connectivity index (χ0n) is 10.1. The van der Waals surface area contributed by atoms with Gasteiger partial charge in [-0.3, -0.25) is 4.98 Å². The molecular formula is C13H14Cl2F2N2. The lowest BCUT2D eigenvalue weighted by atomic mass is 10.1. The molecule has 0 saturated heterocycles. The fraction of sp³-hybridized carbons (Fsp3) is 0.154. The third-order valence-electron chi connectivity index (χ3n) is 2.45. The zero-order chi connectivity index (χ0) is 12.4. The lowest BCUT2D eigenvalue weighted by Crippen LogP contribution is -2.06.